The molecule has 0 radical (unpaired) electrons. The lowest BCUT2D eigenvalue weighted by Gasteiger charge is -2.43. The Morgan fingerprint density at radius 3 is 2.50 bits per heavy atom. The second-order valence-electron chi connectivity index (χ2n) is 8.08. The van der Waals surface area contributed by atoms with Gasteiger partial charge in [-0.1, -0.05) is 12.8 Å². The van der Waals surface area contributed by atoms with Crippen molar-refractivity contribution in [3.8, 4) is 0 Å². The quantitative estimate of drug-likeness (QED) is 0.810. The maximum atomic E-state index is 13.2. The van der Waals surface area contributed by atoms with E-state index in [4.69, 9.17) is 0 Å². The molecule has 0 aromatic heterocycles. The molecule has 0 bridgehead atoms. The third-order valence-corrected chi connectivity index (χ3v) is 6.54. The average molecular weight is 356 g/mol. The number of likely N-dealkylation sites (tertiary alicyclic amines) is 1. The molecule has 2 saturated carbocycles. The number of amides is 2. The van der Waals surface area contributed by atoms with Crippen LogP contribution in [0.4, 0.5) is 0 Å². The zero-order chi connectivity index (χ0) is 15.9. The summed E-state index contributed by atoms with van der Waals surface area (Å²) in [7, 11) is 0. The summed E-state index contributed by atoms with van der Waals surface area (Å²) < 4.78 is 0. The Kier molecular flexibility index (Phi) is 5.40. The van der Waals surface area contributed by atoms with Crippen molar-refractivity contribution >= 4 is 24.2 Å². The van der Waals surface area contributed by atoms with Crippen molar-refractivity contribution in [3.63, 3.8) is 0 Å². The Morgan fingerprint density at radius 2 is 1.79 bits per heavy atom. The van der Waals surface area contributed by atoms with Crippen molar-refractivity contribution in [3.05, 3.63) is 0 Å². The van der Waals surface area contributed by atoms with Crippen LogP contribution in [0.1, 0.15) is 51.4 Å². The summed E-state index contributed by atoms with van der Waals surface area (Å²) in [5.74, 6) is 1.44. The van der Waals surface area contributed by atoms with Gasteiger partial charge in [-0.15, -0.1) is 12.4 Å². The van der Waals surface area contributed by atoms with Gasteiger partial charge in [-0.25, -0.2) is 0 Å². The molecule has 4 aliphatic rings. The molecule has 2 atom stereocenters. The second kappa shape index (κ2) is 7.20. The molecule has 2 saturated heterocycles. The highest BCUT2D eigenvalue weighted by molar-refractivity contribution is 5.85. The third kappa shape index (κ3) is 3.30. The van der Waals surface area contributed by atoms with E-state index < -0.39 is 0 Å². The highest BCUT2D eigenvalue weighted by atomic mass is 35.5. The van der Waals surface area contributed by atoms with Gasteiger partial charge in [0.25, 0.3) is 0 Å². The number of fused-ring (bicyclic) bond motifs is 1. The predicted octanol–water partition coefficient (Wildman–Crippen LogP) is 1.71. The Bertz CT molecular complexity index is 489. The lowest BCUT2D eigenvalue weighted by Crippen LogP contribution is -2.54. The summed E-state index contributed by atoms with van der Waals surface area (Å²) in [6, 6.07) is 0.272. The normalized spacial score (nSPS) is 33.5. The molecule has 2 aliphatic carbocycles. The minimum atomic E-state index is -0.123. The molecule has 2 heterocycles. The number of hydrogen-bond acceptors (Lipinski definition) is 3. The number of carbonyl (C=O) groups excluding carboxylic acids is 2. The minimum absolute atomic E-state index is 0. The van der Waals surface area contributed by atoms with Gasteiger partial charge in [-0.3, -0.25) is 9.59 Å². The van der Waals surface area contributed by atoms with E-state index in [0.29, 0.717) is 11.8 Å². The topological polar surface area (TPSA) is 61.4 Å². The van der Waals surface area contributed by atoms with E-state index >= 15 is 0 Å². The Hall–Kier alpha value is -0.810. The fourth-order valence-corrected chi connectivity index (χ4v) is 4.87. The average Bonchev–Trinajstić information content (AvgIpc) is 3.34. The first kappa shape index (κ1) is 18.0. The molecule has 4 fully saturated rings. The summed E-state index contributed by atoms with van der Waals surface area (Å²) in [6.45, 7) is 3.50. The van der Waals surface area contributed by atoms with E-state index in [1.807, 2.05) is 0 Å². The molecule has 5 nitrogen and oxygen atoms in total. The predicted molar refractivity (Wildman–Crippen MR) is 95.0 cm³/mol. The van der Waals surface area contributed by atoms with Crippen LogP contribution in [0, 0.1) is 17.3 Å². The molecule has 0 aromatic rings. The number of carbonyl (C=O) groups is 2. The van der Waals surface area contributed by atoms with Crippen LogP contribution in [-0.4, -0.2) is 48.9 Å². The van der Waals surface area contributed by atoms with Gasteiger partial charge >= 0.3 is 0 Å². The SMILES string of the molecule is Cl.O=C(NC1CCN(C(=O)[C@@]23CCCC[C@H]2CNC3)CC1)C1CC1. The van der Waals surface area contributed by atoms with E-state index in [-0.39, 0.29) is 35.7 Å². The van der Waals surface area contributed by atoms with Gasteiger partial charge in [0.15, 0.2) is 0 Å². The van der Waals surface area contributed by atoms with Crippen LogP contribution < -0.4 is 10.6 Å². The molecular weight excluding hydrogens is 326 g/mol. The summed E-state index contributed by atoms with van der Waals surface area (Å²) in [5.41, 5.74) is -0.123. The van der Waals surface area contributed by atoms with Gasteiger partial charge in [0, 0.05) is 31.6 Å². The van der Waals surface area contributed by atoms with Crippen LogP contribution in [0.5, 0.6) is 0 Å². The number of rotatable bonds is 3. The summed E-state index contributed by atoms with van der Waals surface area (Å²) in [6.07, 6.45) is 8.67. The van der Waals surface area contributed by atoms with Crippen LogP contribution in [0.15, 0.2) is 0 Å². The zero-order valence-electron chi connectivity index (χ0n) is 14.4. The third-order valence-electron chi connectivity index (χ3n) is 6.54. The standard InChI is InChI=1S/C18H29N3O2.ClH/c22-16(13-4-5-13)20-15-6-9-21(10-7-15)17(23)18-8-2-1-3-14(18)11-19-12-18;/h13-15,19H,1-12H2,(H,20,22);1H/t14-,18+;/m0./s1. The maximum absolute atomic E-state index is 13.2. The fourth-order valence-electron chi connectivity index (χ4n) is 4.87. The minimum Gasteiger partial charge on any atom is -0.353 e. The van der Waals surface area contributed by atoms with E-state index in [2.05, 4.69) is 15.5 Å². The van der Waals surface area contributed by atoms with E-state index in [9.17, 15) is 9.59 Å². The molecular formula is C18H30ClN3O2. The van der Waals surface area contributed by atoms with Crippen LogP contribution in [0.3, 0.4) is 0 Å². The number of nitrogens with zero attached hydrogens (tertiary/aromatic N) is 1. The second-order valence-corrected chi connectivity index (χ2v) is 8.08. The zero-order valence-corrected chi connectivity index (χ0v) is 15.2. The molecule has 24 heavy (non-hydrogen) atoms. The molecule has 0 spiro atoms. The summed E-state index contributed by atoms with van der Waals surface area (Å²) in [5, 5.41) is 6.65. The molecule has 0 unspecified atom stereocenters. The Labute approximate surface area is 150 Å². The van der Waals surface area contributed by atoms with Gasteiger partial charge in [-0.2, -0.15) is 0 Å². The fraction of sp³-hybridized carbons (Fsp3) is 0.889. The number of piperidine rings is 1. The van der Waals surface area contributed by atoms with Crippen molar-refractivity contribution in [1.82, 2.24) is 15.5 Å². The monoisotopic (exact) mass is 355 g/mol. The first-order chi connectivity index (χ1) is 11.2. The molecule has 2 amide bonds. The molecule has 2 N–H and O–H groups in total. The lowest BCUT2D eigenvalue weighted by atomic mass is 9.67. The van der Waals surface area contributed by atoms with Crippen LogP contribution >= 0.6 is 12.4 Å². The van der Waals surface area contributed by atoms with E-state index in [1.54, 1.807) is 0 Å². The number of hydrogen-bond donors (Lipinski definition) is 2. The van der Waals surface area contributed by atoms with Crippen LogP contribution in [0.25, 0.3) is 0 Å². The van der Waals surface area contributed by atoms with Gasteiger partial charge in [0.05, 0.1) is 5.41 Å². The largest absolute Gasteiger partial charge is 0.353 e. The first-order valence-electron chi connectivity index (χ1n) is 9.49. The molecule has 6 heteroatoms. The summed E-state index contributed by atoms with van der Waals surface area (Å²) >= 11 is 0. The summed E-state index contributed by atoms with van der Waals surface area (Å²) in [4.78, 5) is 27.2. The highest BCUT2D eigenvalue weighted by Gasteiger charge is 2.51. The Morgan fingerprint density at radius 1 is 1.04 bits per heavy atom. The van der Waals surface area contributed by atoms with Gasteiger partial charge < -0.3 is 15.5 Å². The molecule has 136 valence electrons. The van der Waals surface area contributed by atoms with Crippen molar-refractivity contribution in [2.45, 2.75) is 57.4 Å². The van der Waals surface area contributed by atoms with Crippen LogP contribution in [0.2, 0.25) is 0 Å². The van der Waals surface area contributed by atoms with Crippen molar-refractivity contribution in [2.24, 2.45) is 17.3 Å². The maximum Gasteiger partial charge on any atom is 0.230 e. The van der Waals surface area contributed by atoms with Crippen molar-refractivity contribution in [2.75, 3.05) is 26.2 Å². The van der Waals surface area contributed by atoms with E-state index in [1.165, 1.54) is 19.3 Å². The van der Waals surface area contributed by atoms with Gasteiger partial charge in [0.2, 0.25) is 11.8 Å². The highest BCUT2D eigenvalue weighted by Crippen LogP contribution is 2.45. The van der Waals surface area contributed by atoms with Gasteiger partial charge in [-0.05, 0) is 51.0 Å². The van der Waals surface area contributed by atoms with Crippen LogP contribution in [-0.2, 0) is 9.59 Å². The van der Waals surface area contributed by atoms with Crippen molar-refractivity contribution < 1.29 is 9.59 Å². The Balaban J connectivity index is 0.00000169. The van der Waals surface area contributed by atoms with Gasteiger partial charge in [0.1, 0.15) is 0 Å². The van der Waals surface area contributed by atoms with Crippen molar-refractivity contribution in [1.29, 1.82) is 0 Å². The number of halogens is 1. The first-order valence-corrected chi connectivity index (χ1v) is 9.49. The molecule has 4 rings (SSSR count). The lowest BCUT2D eigenvalue weighted by molar-refractivity contribution is -0.146. The van der Waals surface area contributed by atoms with E-state index in [0.717, 1.165) is 58.3 Å². The number of nitrogens with one attached hydrogen (secondary N) is 2. The molecule has 2 aliphatic heterocycles. The molecule has 0 aromatic carbocycles. The smallest absolute Gasteiger partial charge is 0.230 e.